The van der Waals surface area contributed by atoms with Crippen molar-refractivity contribution >= 4 is 17.4 Å². The summed E-state index contributed by atoms with van der Waals surface area (Å²) in [5.74, 6) is -2.00. The van der Waals surface area contributed by atoms with E-state index < -0.39 is 17.6 Å². The van der Waals surface area contributed by atoms with Gasteiger partial charge in [0.05, 0.1) is 24.4 Å². The van der Waals surface area contributed by atoms with Crippen molar-refractivity contribution in [3.8, 4) is 17.2 Å². The van der Waals surface area contributed by atoms with Gasteiger partial charge in [0, 0.05) is 30.8 Å². The van der Waals surface area contributed by atoms with Crippen LogP contribution in [0.1, 0.15) is 36.8 Å². The monoisotopic (exact) mass is 449 g/mol. The van der Waals surface area contributed by atoms with Gasteiger partial charge in [-0.15, -0.1) is 0 Å². The Morgan fingerprint density at radius 3 is 2.61 bits per heavy atom. The number of likely N-dealkylation sites (N-methyl/N-ethyl adjacent to an activating group) is 1. The molecule has 1 aliphatic carbocycles. The van der Waals surface area contributed by atoms with Gasteiger partial charge in [0.15, 0.2) is 5.78 Å². The number of fused-ring (bicyclic) bond motifs is 3. The highest BCUT2D eigenvalue weighted by molar-refractivity contribution is 6.01. The fourth-order valence-corrected chi connectivity index (χ4v) is 5.58. The summed E-state index contributed by atoms with van der Waals surface area (Å²) < 4.78 is 29.9. The molecule has 0 aromatic heterocycles. The SMILES string of the molecule is CN1C(=O)Cc2ccc(-c3cc(F)c(C[C@@H](C#N)CC(=O)[C@H]4N[C@@H]5CC[C@H]4C5)c(F)c3)cc21. The first-order valence-corrected chi connectivity index (χ1v) is 11.4. The van der Waals surface area contributed by atoms with Gasteiger partial charge in [-0.1, -0.05) is 12.1 Å². The summed E-state index contributed by atoms with van der Waals surface area (Å²) in [5, 5.41) is 12.9. The van der Waals surface area contributed by atoms with E-state index in [1.54, 1.807) is 30.1 Å². The van der Waals surface area contributed by atoms with E-state index in [0.717, 1.165) is 30.5 Å². The van der Waals surface area contributed by atoms with Crippen LogP contribution >= 0.6 is 0 Å². The van der Waals surface area contributed by atoms with Gasteiger partial charge in [0.25, 0.3) is 0 Å². The normalized spacial score (nSPS) is 24.1. The Morgan fingerprint density at radius 2 is 1.97 bits per heavy atom. The molecule has 170 valence electrons. The average molecular weight is 450 g/mol. The lowest BCUT2D eigenvalue weighted by atomic mass is 9.88. The van der Waals surface area contributed by atoms with Crippen LogP contribution in [-0.4, -0.2) is 30.8 Å². The number of anilines is 1. The zero-order valence-corrected chi connectivity index (χ0v) is 18.4. The Bertz CT molecular complexity index is 1170. The molecule has 7 heteroatoms. The number of halogens is 2. The lowest BCUT2D eigenvalue weighted by Crippen LogP contribution is -2.42. The van der Waals surface area contributed by atoms with Crippen LogP contribution in [-0.2, 0) is 22.4 Å². The molecule has 0 unspecified atom stereocenters. The molecule has 2 heterocycles. The third-order valence-corrected chi connectivity index (χ3v) is 7.42. The predicted molar refractivity (Wildman–Crippen MR) is 119 cm³/mol. The maximum Gasteiger partial charge on any atom is 0.231 e. The molecule has 0 radical (unpaired) electrons. The zero-order valence-electron chi connectivity index (χ0n) is 18.4. The van der Waals surface area contributed by atoms with Gasteiger partial charge in [0.2, 0.25) is 5.91 Å². The van der Waals surface area contributed by atoms with E-state index in [9.17, 15) is 23.6 Å². The number of hydrogen-bond acceptors (Lipinski definition) is 4. The molecule has 1 N–H and O–H groups in total. The average Bonchev–Trinajstić information content (AvgIpc) is 3.50. The van der Waals surface area contributed by atoms with Crippen molar-refractivity contribution in [1.82, 2.24) is 5.32 Å². The maximum atomic E-state index is 15.0. The number of carbonyl (C=O) groups excluding carboxylic acids is 2. The zero-order chi connectivity index (χ0) is 23.3. The summed E-state index contributed by atoms with van der Waals surface area (Å²) in [4.78, 5) is 26.2. The van der Waals surface area contributed by atoms with Gasteiger partial charge in [0.1, 0.15) is 11.6 Å². The Hall–Kier alpha value is -3.11. The second-order valence-electron chi connectivity index (χ2n) is 9.51. The number of amides is 1. The quantitative estimate of drug-likeness (QED) is 0.725. The number of nitrogens with one attached hydrogen (secondary N) is 1. The minimum absolute atomic E-state index is 0.0107. The van der Waals surface area contributed by atoms with E-state index in [4.69, 9.17) is 0 Å². The third-order valence-electron chi connectivity index (χ3n) is 7.42. The Morgan fingerprint density at radius 1 is 1.21 bits per heavy atom. The minimum Gasteiger partial charge on any atom is -0.315 e. The van der Waals surface area contributed by atoms with E-state index in [1.807, 2.05) is 0 Å². The van der Waals surface area contributed by atoms with E-state index >= 15 is 0 Å². The minimum atomic E-state index is -0.784. The molecule has 4 atom stereocenters. The number of ketones is 1. The molecule has 2 aromatic rings. The van der Waals surface area contributed by atoms with Gasteiger partial charge in [-0.25, -0.2) is 8.78 Å². The molecule has 3 aliphatic rings. The smallest absolute Gasteiger partial charge is 0.231 e. The van der Waals surface area contributed by atoms with Gasteiger partial charge < -0.3 is 10.2 Å². The largest absolute Gasteiger partial charge is 0.315 e. The van der Waals surface area contributed by atoms with Crippen molar-refractivity contribution in [1.29, 1.82) is 5.26 Å². The Balaban J connectivity index is 1.33. The highest BCUT2D eigenvalue weighted by atomic mass is 19.1. The summed E-state index contributed by atoms with van der Waals surface area (Å²) in [7, 11) is 1.68. The first-order chi connectivity index (χ1) is 15.8. The van der Waals surface area contributed by atoms with E-state index in [1.165, 1.54) is 12.1 Å². The summed E-state index contributed by atoms with van der Waals surface area (Å²) in [5.41, 5.74) is 2.41. The number of hydrogen-bond donors (Lipinski definition) is 1. The van der Waals surface area contributed by atoms with Gasteiger partial charge >= 0.3 is 0 Å². The first kappa shape index (κ1) is 21.7. The summed E-state index contributed by atoms with van der Waals surface area (Å²) in [6, 6.07) is 10.0. The maximum absolute atomic E-state index is 15.0. The molecular weight excluding hydrogens is 424 g/mol. The van der Waals surface area contributed by atoms with Crippen molar-refractivity contribution in [2.45, 2.75) is 50.6 Å². The van der Waals surface area contributed by atoms with Gasteiger partial charge in [-0.3, -0.25) is 9.59 Å². The molecule has 1 amide bonds. The molecule has 2 bridgehead atoms. The number of Topliss-reactive ketones (excluding diaryl/α,β-unsaturated/α-hetero) is 1. The summed E-state index contributed by atoms with van der Waals surface area (Å²) >= 11 is 0. The van der Waals surface area contributed by atoms with Crippen LogP contribution in [0, 0.1) is 34.8 Å². The fourth-order valence-electron chi connectivity index (χ4n) is 5.58. The number of benzene rings is 2. The highest BCUT2D eigenvalue weighted by Crippen LogP contribution is 2.37. The molecule has 0 spiro atoms. The van der Waals surface area contributed by atoms with Crippen molar-refractivity contribution < 1.29 is 18.4 Å². The van der Waals surface area contributed by atoms with Crippen LogP contribution in [0.5, 0.6) is 0 Å². The standard InChI is InChI=1S/C26H25F2N3O2/c1-31-23-11-15(2-3-16(23)12-25(31)33)18-9-21(27)20(22(28)10-18)6-14(13-29)7-24(32)26-17-4-5-19(8-17)30-26/h2-3,9-11,14,17,19,26,30H,4-8,12H2,1H3/t14-,17+,19-,26+/m1/s1. The predicted octanol–water partition coefficient (Wildman–Crippen LogP) is 3.93. The van der Waals surface area contributed by atoms with E-state index in [-0.39, 0.29) is 36.1 Å². The lowest BCUT2D eigenvalue weighted by Gasteiger charge is -2.23. The van der Waals surface area contributed by atoms with Gasteiger partial charge in [-0.05, 0) is 66.5 Å². The van der Waals surface area contributed by atoms with Crippen LogP contribution in [0.4, 0.5) is 14.5 Å². The molecule has 2 aliphatic heterocycles. The van der Waals surface area contributed by atoms with Crippen LogP contribution in [0.3, 0.4) is 0 Å². The number of nitrogens with zero attached hydrogens (tertiary/aromatic N) is 2. The molecule has 5 nitrogen and oxygen atoms in total. The van der Waals surface area contributed by atoms with Gasteiger partial charge in [-0.2, -0.15) is 5.26 Å². The highest BCUT2D eigenvalue weighted by Gasteiger charge is 2.42. The second-order valence-corrected chi connectivity index (χ2v) is 9.51. The van der Waals surface area contributed by atoms with Crippen LogP contribution in [0.15, 0.2) is 30.3 Å². The molecule has 2 fully saturated rings. The van der Waals surface area contributed by atoms with Crippen LogP contribution in [0.2, 0.25) is 0 Å². The van der Waals surface area contributed by atoms with Crippen molar-refractivity contribution in [3.63, 3.8) is 0 Å². The summed E-state index contributed by atoms with van der Waals surface area (Å²) in [6.45, 7) is 0. The molecule has 5 rings (SSSR count). The van der Waals surface area contributed by atoms with Crippen molar-refractivity contribution in [2.75, 3.05) is 11.9 Å². The third kappa shape index (κ3) is 3.93. The Labute approximate surface area is 191 Å². The Kier molecular flexibility index (Phi) is 5.49. The number of carbonyl (C=O) groups is 2. The van der Waals surface area contributed by atoms with Crippen LogP contribution in [0.25, 0.3) is 11.1 Å². The topological polar surface area (TPSA) is 73.2 Å². The van der Waals surface area contributed by atoms with E-state index in [2.05, 4.69) is 11.4 Å². The molecule has 2 aromatic carbocycles. The second kappa shape index (κ2) is 8.35. The molecule has 1 saturated carbocycles. The molecular formula is C26H25F2N3O2. The van der Waals surface area contributed by atoms with Crippen molar-refractivity contribution in [2.24, 2.45) is 11.8 Å². The first-order valence-electron chi connectivity index (χ1n) is 11.4. The lowest BCUT2D eigenvalue weighted by molar-refractivity contribution is -0.122. The molecule has 33 heavy (non-hydrogen) atoms. The number of piperidine rings is 1. The number of rotatable bonds is 6. The fraction of sp³-hybridized carbons (Fsp3) is 0.423. The van der Waals surface area contributed by atoms with Crippen molar-refractivity contribution in [3.05, 3.63) is 53.1 Å². The number of nitriles is 1. The summed E-state index contributed by atoms with van der Waals surface area (Å²) in [6.07, 6.45) is 3.24. The van der Waals surface area contributed by atoms with E-state index in [0.29, 0.717) is 29.5 Å². The van der Waals surface area contributed by atoms with Crippen LogP contribution < -0.4 is 10.2 Å². The molecule has 1 saturated heterocycles.